The van der Waals surface area contributed by atoms with Gasteiger partial charge in [-0.1, -0.05) is 56.3 Å². The van der Waals surface area contributed by atoms with E-state index < -0.39 is 51.8 Å². The lowest BCUT2D eigenvalue weighted by atomic mass is 9.82. The quantitative estimate of drug-likeness (QED) is 0.228. The minimum atomic E-state index is -1.16. The number of benzene rings is 3. The monoisotopic (exact) mass is 486 g/mol. The Morgan fingerprint density at radius 2 is 1.58 bits per heavy atom. The van der Waals surface area contributed by atoms with E-state index in [-0.39, 0.29) is 22.6 Å². The van der Waals surface area contributed by atoms with Crippen LogP contribution in [0.4, 0.5) is 11.4 Å². The molecule has 1 amide bonds. The maximum atomic E-state index is 13.1. The van der Waals surface area contributed by atoms with Crippen molar-refractivity contribution >= 4 is 34.8 Å². The molecule has 0 aromatic heterocycles. The molecule has 0 spiro atoms. The number of amides is 1. The summed E-state index contributed by atoms with van der Waals surface area (Å²) in [5, 5.41) is 14.6. The lowest BCUT2D eigenvalue weighted by molar-refractivity contribution is -0.385. The third-order valence-electron chi connectivity index (χ3n) is 6.18. The van der Waals surface area contributed by atoms with Crippen LogP contribution in [-0.2, 0) is 9.53 Å². The van der Waals surface area contributed by atoms with Crippen LogP contribution in [0.3, 0.4) is 0 Å². The Hall–Kier alpha value is -4.66. The van der Waals surface area contributed by atoms with Crippen LogP contribution in [0.1, 0.15) is 74.0 Å². The Morgan fingerprint density at radius 1 is 0.944 bits per heavy atom. The van der Waals surface area contributed by atoms with Crippen LogP contribution in [0.25, 0.3) is 0 Å². The molecule has 4 rings (SSSR count). The summed E-state index contributed by atoms with van der Waals surface area (Å²) in [7, 11) is 0. The number of fused-ring (bicyclic) bond motifs is 2. The van der Waals surface area contributed by atoms with Crippen LogP contribution in [0, 0.1) is 10.1 Å². The molecule has 9 heteroatoms. The summed E-state index contributed by atoms with van der Waals surface area (Å²) >= 11 is 0. The fraction of sp³-hybridized carbons (Fsp3) is 0.185. The molecular weight excluding hydrogens is 464 g/mol. The van der Waals surface area contributed by atoms with E-state index in [2.05, 4.69) is 5.32 Å². The lowest BCUT2D eigenvalue weighted by Crippen LogP contribution is -2.25. The van der Waals surface area contributed by atoms with Gasteiger partial charge < -0.3 is 10.1 Å². The zero-order valence-corrected chi connectivity index (χ0v) is 19.6. The van der Waals surface area contributed by atoms with Crippen molar-refractivity contribution in [2.75, 3.05) is 11.9 Å². The van der Waals surface area contributed by atoms with Gasteiger partial charge in [-0.3, -0.25) is 24.5 Å². The van der Waals surface area contributed by atoms with Crippen molar-refractivity contribution in [3.05, 3.63) is 104 Å². The first-order valence-corrected chi connectivity index (χ1v) is 11.3. The molecule has 0 aliphatic heterocycles. The van der Waals surface area contributed by atoms with E-state index in [0.717, 1.165) is 18.1 Å². The molecule has 0 heterocycles. The van der Waals surface area contributed by atoms with Gasteiger partial charge in [0.25, 0.3) is 11.6 Å². The molecule has 3 aromatic carbocycles. The van der Waals surface area contributed by atoms with Gasteiger partial charge in [0.2, 0.25) is 5.78 Å². The van der Waals surface area contributed by atoms with Gasteiger partial charge in [-0.2, -0.15) is 0 Å². The summed E-state index contributed by atoms with van der Waals surface area (Å²) in [6.45, 7) is 3.34. The van der Waals surface area contributed by atoms with E-state index in [1.807, 2.05) is 26.0 Å². The highest BCUT2D eigenvalue weighted by Gasteiger charge is 2.39. The molecule has 1 unspecified atom stereocenters. The Morgan fingerprint density at radius 3 is 2.25 bits per heavy atom. The van der Waals surface area contributed by atoms with Gasteiger partial charge in [0.15, 0.2) is 12.4 Å². The molecule has 1 aliphatic carbocycles. The van der Waals surface area contributed by atoms with Crippen LogP contribution in [0.2, 0.25) is 0 Å². The molecule has 1 N–H and O–H groups in total. The maximum absolute atomic E-state index is 13.1. The predicted molar refractivity (Wildman–Crippen MR) is 130 cm³/mol. The zero-order chi connectivity index (χ0) is 26.0. The van der Waals surface area contributed by atoms with Crippen molar-refractivity contribution in [1.82, 2.24) is 0 Å². The van der Waals surface area contributed by atoms with E-state index in [1.165, 1.54) is 24.3 Å². The number of hydrogen-bond acceptors (Lipinski definition) is 7. The van der Waals surface area contributed by atoms with E-state index in [4.69, 9.17) is 4.74 Å². The van der Waals surface area contributed by atoms with Crippen molar-refractivity contribution in [2.45, 2.75) is 26.2 Å². The van der Waals surface area contributed by atoms with E-state index in [9.17, 15) is 29.3 Å². The molecule has 0 radical (unpaired) electrons. The number of rotatable bonds is 7. The van der Waals surface area contributed by atoms with Crippen LogP contribution >= 0.6 is 0 Å². The topological polar surface area (TPSA) is 133 Å². The lowest BCUT2D eigenvalue weighted by Gasteiger charge is -2.18. The zero-order valence-electron chi connectivity index (χ0n) is 19.6. The average Bonchev–Trinajstić information content (AvgIpc) is 2.89. The van der Waals surface area contributed by atoms with Gasteiger partial charge in [0, 0.05) is 22.4 Å². The minimum Gasteiger partial charge on any atom is -0.452 e. The first-order valence-electron chi connectivity index (χ1n) is 11.3. The molecule has 1 atom stereocenters. The van der Waals surface area contributed by atoms with E-state index in [1.54, 1.807) is 18.2 Å². The fourth-order valence-corrected chi connectivity index (χ4v) is 4.18. The van der Waals surface area contributed by atoms with Crippen molar-refractivity contribution < 1.29 is 28.8 Å². The van der Waals surface area contributed by atoms with E-state index >= 15 is 0 Å². The van der Waals surface area contributed by atoms with Crippen molar-refractivity contribution in [1.29, 1.82) is 0 Å². The number of carbonyl (C=O) groups is 4. The second-order valence-electron chi connectivity index (χ2n) is 8.37. The van der Waals surface area contributed by atoms with Crippen LogP contribution in [-0.4, -0.2) is 35.0 Å². The van der Waals surface area contributed by atoms with Crippen molar-refractivity contribution in [3.63, 3.8) is 0 Å². The highest BCUT2D eigenvalue weighted by molar-refractivity contribution is 6.30. The number of ketones is 2. The van der Waals surface area contributed by atoms with Gasteiger partial charge >= 0.3 is 5.97 Å². The van der Waals surface area contributed by atoms with Crippen LogP contribution in [0.5, 0.6) is 0 Å². The smallest absolute Gasteiger partial charge is 0.345 e. The van der Waals surface area contributed by atoms with Crippen molar-refractivity contribution in [3.8, 4) is 0 Å². The Bertz CT molecular complexity index is 1430. The number of ether oxygens (including phenoxy) is 1. The van der Waals surface area contributed by atoms with Crippen LogP contribution in [0.15, 0.2) is 60.7 Å². The summed E-state index contributed by atoms with van der Waals surface area (Å²) in [6, 6.07) is 15.5. The third kappa shape index (κ3) is 4.38. The Balaban J connectivity index is 1.58. The van der Waals surface area contributed by atoms with Gasteiger partial charge in [0.05, 0.1) is 4.92 Å². The molecule has 0 bridgehead atoms. The predicted octanol–water partition coefficient (Wildman–Crippen LogP) is 4.68. The average molecular weight is 486 g/mol. The molecule has 0 saturated heterocycles. The van der Waals surface area contributed by atoms with Crippen molar-refractivity contribution in [2.24, 2.45) is 0 Å². The second kappa shape index (κ2) is 9.91. The first kappa shape index (κ1) is 24.5. The summed E-state index contributed by atoms with van der Waals surface area (Å²) < 4.78 is 5.05. The number of para-hydroxylation sites is 1. The Kier molecular flexibility index (Phi) is 6.73. The summed E-state index contributed by atoms with van der Waals surface area (Å²) in [6.07, 6.45) is 0.857. The number of nitro benzene ring substituents is 1. The molecule has 3 aromatic rings. The highest BCUT2D eigenvalue weighted by Crippen LogP contribution is 2.35. The number of nitro groups is 1. The number of nitrogens with zero attached hydrogens (tertiary/aromatic N) is 1. The number of hydrogen-bond donors (Lipinski definition) is 1. The molecule has 0 saturated carbocycles. The second-order valence-corrected chi connectivity index (χ2v) is 8.37. The molecule has 0 fully saturated rings. The maximum Gasteiger partial charge on any atom is 0.345 e. The normalized spacial score (nSPS) is 12.8. The van der Waals surface area contributed by atoms with Gasteiger partial charge in [-0.15, -0.1) is 0 Å². The molecular formula is C27H22N2O7. The largest absolute Gasteiger partial charge is 0.452 e. The summed E-state index contributed by atoms with van der Waals surface area (Å²) in [5.74, 6) is -2.88. The van der Waals surface area contributed by atoms with Gasteiger partial charge in [-0.05, 0) is 36.1 Å². The number of esters is 1. The molecule has 182 valence electrons. The SMILES string of the molecule is CCC(C)c1ccccc1NC(=O)COC(=O)c1ccc2c(c1[N+](=O)[O-])C(=O)c1ccccc1C2=O. The number of nitrogens with one attached hydrogen (secondary N) is 1. The highest BCUT2D eigenvalue weighted by atomic mass is 16.6. The summed E-state index contributed by atoms with van der Waals surface area (Å²) in [4.78, 5) is 62.2. The van der Waals surface area contributed by atoms with Gasteiger partial charge in [0.1, 0.15) is 11.1 Å². The standard InChI is InChI=1S/C27H22N2O7/c1-3-15(2)16-8-6-7-11-21(16)28-22(30)14-36-27(33)20-13-12-19-23(24(20)29(34)35)26(32)18-10-5-4-9-17(18)25(19)31/h4-13,15H,3,14H2,1-2H3,(H,28,30). The van der Waals surface area contributed by atoms with Gasteiger partial charge in [-0.25, -0.2) is 4.79 Å². The first-order chi connectivity index (χ1) is 17.2. The fourth-order valence-electron chi connectivity index (χ4n) is 4.18. The number of carbonyl (C=O) groups excluding carboxylic acids is 4. The molecule has 1 aliphatic rings. The van der Waals surface area contributed by atoms with E-state index in [0.29, 0.717) is 5.69 Å². The summed E-state index contributed by atoms with van der Waals surface area (Å²) in [5.41, 5.74) is -0.327. The molecule has 9 nitrogen and oxygen atoms in total. The third-order valence-corrected chi connectivity index (χ3v) is 6.18. The minimum absolute atomic E-state index is 0.0166. The molecule has 36 heavy (non-hydrogen) atoms. The van der Waals surface area contributed by atoms with Crippen LogP contribution < -0.4 is 5.32 Å². The number of anilines is 1. The Labute approximate surface area is 206 Å².